The summed E-state index contributed by atoms with van der Waals surface area (Å²) >= 11 is 0. The molecule has 34 heavy (non-hydrogen) atoms. The number of aromatic nitrogens is 2. The van der Waals surface area contributed by atoms with Gasteiger partial charge in [-0.05, 0) is 56.2 Å². The largest absolute Gasteiger partial charge is 0.368 e. The van der Waals surface area contributed by atoms with E-state index in [1.165, 1.54) is 12.1 Å². The van der Waals surface area contributed by atoms with Gasteiger partial charge in [-0.2, -0.15) is 0 Å². The van der Waals surface area contributed by atoms with Gasteiger partial charge in [0, 0.05) is 51.5 Å². The minimum atomic E-state index is -0.244. The number of carbonyl (C=O) groups excluding carboxylic acids is 1. The van der Waals surface area contributed by atoms with Crippen molar-refractivity contribution in [1.29, 1.82) is 0 Å². The van der Waals surface area contributed by atoms with Gasteiger partial charge in [0.1, 0.15) is 5.82 Å². The molecule has 1 aromatic heterocycles. The molecule has 7 nitrogen and oxygen atoms in total. The van der Waals surface area contributed by atoms with Crippen LogP contribution >= 0.6 is 0 Å². The van der Waals surface area contributed by atoms with E-state index >= 15 is 0 Å². The van der Waals surface area contributed by atoms with Crippen LogP contribution in [0.4, 0.5) is 15.9 Å². The van der Waals surface area contributed by atoms with Crippen LogP contribution in [0, 0.1) is 11.7 Å². The van der Waals surface area contributed by atoms with Gasteiger partial charge >= 0.3 is 0 Å². The van der Waals surface area contributed by atoms with Gasteiger partial charge in [0.15, 0.2) is 5.82 Å². The minimum absolute atomic E-state index is 0.0952. The Balaban J connectivity index is 1.29. The molecule has 0 bridgehead atoms. The standard InChI is InChI=1S/C26H30FN5O2/c1-2-32-23-8-4-3-7-22(23)28-24(26(32)34)31-13-5-6-19(18-31)25(33)30-16-14-29(15-17-30)21-11-9-20(27)10-12-21/h3-4,7-12,19H,2,5-6,13-18H2,1H3. The predicted molar refractivity (Wildman–Crippen MR) is 132 cm³/mol. The number of carbonyl (C=O) groups is 1. The second-order valence-electron chi connectivity index (χ2n) is 9.05. The Bertz CT molecular complexity index is 1230. The van der Waals surface area contributed by atoms with Gasteiger partial charge in [-0.25, -0.2) is 9.37 Å². The smallest absolute Gasteiger partial charge is 0.293 e. The molecule has 2 fully saturated rings. The molecule has 2 aliphatic heterocycles. The molecule has 3 aromatic rings. The van der Waals surface area contributed by atoms with Gasteiger partial charge in [-0.1, -0.05) is 12.1 Å². The molecule has 1 atom stereocenters. The molecule has 2 aliphatic rings. The predicted octanol–water partition coefficient (Wildman–Crippen LogP) is 3.12. The van der Waals surface area contributed by atoms with Crippen LogP contribution in [-0.2, 0) is 11.3 Å². The number of amides is 1. The Morgan fingerprint density at radius 2 is 1.74 bits per heavy atom. The summed E-state index contributed by atoms with van der Waals surface area (Å²) in [4.78, 5) is 37.4. The summed E-state index contributed by atoms with van der Waals surface area (Å²) in [7, 11) is 0. The number of nitrogens with zero attached hydrogens (tertiary/aromatic N) is 5. The molecule has 0 spiro atoms. The zero-order valence-corrected chi connectivity index (χ0v) is 19.5. The van der Waals surface area contributed by atoms with Crippen LogP contribution in [0.5, 0.6) is 0 Å². The normalized spacial score (nSPS) is 19.0. The number of fused-ring (bicyclic) bond motifs is 1. The lowest BCUT2D eigenvalue weighted by molar-refractivity contribution is -0.136. The van der Waals surface area contributed by atoms with Crippen LogP contribution < -0.4 is 15.4 Å². The maximum absolute atomic E-state index is 13.4. The summed E-state index contributed by atoms with van der Waals surface area (Å²) in [5.74, 6) is 0.208. The second-order valence-corrected chi connectivity index (χ2v) is 9.05. The topological polar surface area (TPSA) is 61.7 Å². The number of hydrogen-bond donors (Lipinski definition) is 0. The molecular weight excluding hydrogens is 433 g/mol. The molecule has 178 valence electrons. The lowest BCUT2D eigenvalue weighted by atomic mass is 9.96. The number of benzene rings is 2. The number of rotatable bonds is 4. The summed E-state index contributed by atoms with van der Waals surface area (Å²) in [6.07, 6.45) is 1.68. The minimum Gasteiger partial charge on any atom is -0.368 e. The number of piperazine rings is 1. The van der Waals surface area contributed by atoms with Crippen molar-refractivity contribution in [2.24, 2.45) is 5.92 Å². The quantitative estimate of drug-likeness (QED) is 0.595. The van der Waals surface area contributed by atoms with E-state index in [1.807, 2.05) is 41.0 Å². The van der Waals surface area contributed by atoms with E-state index in [4.69, 9.17) is 4.98 Å². The average molecular weight is 464 g/mol. The Kier molecular flexibility index (Phi) is 6.22. The zero-order chi connectivity index (χ0) is 23.7. The number of hydrogen-bond acceptors (Lipinski definition) is 5. The number of anilines is 2. The van der Waals surface area contributed by atoms with Crippen LogP contribution in [0.1, 0.15) is 19.8 Å². The van der Waals surface area contributed by atoms with Crippen LogP contribution in [0.2, 0.25) is 0 Å². The number of para-hydroxylation sites is 2. The molecule has 0 aliphatic carbocycles. The van der Waals surface area contributed by atoms with E-state index in [1.54, 1.807) is 16.7 Å². The maximum atomic E-state index is 13.4. The third-order valence-corrected chi connectivity index (χ3v) is 7.00. The van der Waals surface area contributed by atoms with Gasteiger partial charge in [-0.3, -0.25) is 9.59 Å². The third-order valence-electron chi connectivity index (χ3n) is 7.00. The fraction of sp³-hybridized carbons (Fsp3) is 0.423. The van der Waals surface area contributed by atoms with Crippen molar-refractivity contribution < 1.29 is 9.18 Å². The first-order chi connectivity index (χ1) is 16.5. The first-order valence-corrected chi connectivity index (χ1v) is 12.1. The van der Waals surface area contributed by atoms with Gasteiger partial charge in [0.2, 0.25) is 5.91 Å². The van der Waals surface area contributed by atoms with Crippen molar-refractivity contribution in [3.63, 3.8) is 0 Å². The van der Waals surface area contributed by atoms with Crippen molar-refractivity contribution in [2.45, 2.75) is 26.3 Å². The molecule has 0 saturated carbocycles. The SMILES string of the molecule is CCn1c(=O)c(N2CCCC(C(=O)N3CCN(c4ccc(F)cc4)CC3)C2)nc2ccccc21. The summed E-state index contributed by atoms with van der Waals surface area (Å²) in [6, 6.07) is 14.2. The number of aryl methyl sites for hydroxylation is 1. The van der Waals surface area contributed by atoms with Crippen LogP contribution in [0.15, 0.2) is 53.3 Å². The Hall–Kier alpha value is -3.42. The highest BCUT2D eigenvalue weighted by Gasteiger charge is 2.32. The summed E-state index contributed by atoms with van der Waals surface area (Å²) < 4.78 is 15.0. The molecule has 5 rings (SSSR count). The lowest BCUT2D eigenvalue weighted by Crippen LogP contribution is -2.53. The monoisotopic (exact) mass is 463 g/mol. The molecule has 3 heterocycles. The number of piperidine rings is 1. The molecule has 8 heteroatoms. The summed E-state index contributed by atoms with van der Waals surface area (Å²) in [5, 5.41) is 0. The van der Waals surface area contributed by atoms with E-state index < -0.39 is 0 Å². The highest BCUT2D eigenvalue weighted by molar-refractivity contribution is 5.80. The van der Waals surface area contributed by atoms with E-state index in [-0.39, 0.29) is 23.2 Å². The van der Waals surface area contributed by atoms with Gasteiger partial charge in [0.25, 0.3) is 5.56 Å². The first-order valence-electron chi connectivity index (χ1n) is 12.1. The van der Waals surface area contributed by atoms with E-state index in [2.05, 4.69) is 4.90 Å². The zero-order valence-electron chi connectivity index (χ0n) is 19.5. The molecule has 1 amide bonds. The highest BCUT2D eigenvalue weighted by Crippen LogP contribution is 2.24. The van der Waals surface area contributed by atoms with Crippen LogP contribution in [0.3, 0.4) is 0 Å². The van der Waals surface area contributed by atoms with Crippen molar-refractivity contribution >= 4 is 28.4 Å². The summed E-state index contributed by atoms with van der Waals surface area (Å²) in [5.41, 5.74) is 2.51. The van der Waals surface area contributed by atoms with Crippen LogP contribution in [-0.4, -0.2) is 59.6 Å². The van der Waals surface area contributed by atoms with Crippen molar-refractivity contribution in [3.05, 3.63) is 64.7 Å². The lowest BCUT2D eigenvalue weighted by Gasteiger charge is -2.40. The Labute approximate surface area is 198 Å². The molecule has 0 N–H and O–H groups in total. The summed E-state index contributed by atoms with van der Waals surface area (Å²) in [6.45, 7) is 6.51. The fourth-order valence-corrected chi connectivity index (χ4v) is 5.17. The van der Waals surface area contributed by atoms with Crippen molar-refractivity contribution in [1.82, 2.24) is 14.5 Å². The first kappa shape index (κ1) is 22.4. The fourth-order valence-electron chi connectivity index (χ4n) is 5.17. The average Bonchev–Trinajstić information content (AvgIpc) is 2.88. The van der Waals surface area contributed by atoms with Gasteiger partial charge in [0.05, 0.1) is 17.0 Å². The Morgan fingerprint density at radius 3 is 2.47 bits per heavy atom. The molecule has 1 unspecified atom stereocenters. The second kappa shape index (κ2) is 9.44. The molecular formula is C26H30FN5O2. The van der Waals surface area contributed by atoms with E-state index in [0.717, 1.165) is 49.2 Å². The van der Waals surface area contributed by atoms with Crippen molar-refractivity contribution in [2.75, 3.05) is 49.1 Å². The third kappa shape index (κ3) is 4.24. The van der Waals surface area contributed by atoms with Crippen molar-refractivity contribution in [3.8, 4) is 0 Å². The molecule has 0 radical (unpaired) electrons. The van der Waals surface area contributed by atoms with Gasteiger partial charge in [-0.15, -0.1) is 0 Å². The van der Waals surface area contributed by atoms with Gasteiger partial charge < -0.3 is 19.3 Å². The van der Waals surface area contributed by atoms with E-state index in [0.29, 0.717) is 32.0 Å². The Morgan fingerprint density at radius 1 is 1.00 bits per heavy atom. The number of halogens is 1. The molecule has 2 aromatic carbocycles. The van der Waals surface area contributed by atoms with Crippen LogP contribution in [0.25, 0.3) is 11.0 Å². The van der Waals surface area contributed by atoms with E-state index in [9.17, 15) is 14.0 Å². The highest BCUT2D eigenvalue weighted by atomic mass is 19.1. The molecule has 2 saturated heterocycles. The maximum Gasteiger partial charge on any atom is 0.293 e.